The maximum absolute atomic E-state index is 5.97. The second-order valence-corrected chi connectivity index (χ2v) is 6.80. The summed E-state index contributed by atoms with van der Waals surface area (Å²) in [5.41, 5.74) is 13.3. The van der Waals surface area contributed by atoms with Crippen molar-refractivity contribution in [1.82, 2.24) is 14.7 Å². The number of imidazole rings is 1. The highest BCUT2D eigenvalue weighted by atomic mass is 16.5. The zero-order valence-corrected chi connectivity index (χ0v) is 15.7. The minimum absolute atomic E-state index is 0.123. The van der Waals surface area contributed by atoms with Crippen molar-refractivity contribution in [3.63, 3.8) is 0 Å². The number of aryl methyl sites for hydroxylation is 1. The van der Waals surface area contributed by atoms with Crippen LogP contribution in [0.4, 0.5) is 0 Å². The summed E-state index contributed by atoms with van der Waals surface area (Å²) in [5, 5.41) is 4.15. The first-order chi connectivity index (χ1) is 13.7. The van der Waals surface area contributed by atoms with Crippen LogP contribution in [0, 0.1) is 11.8 Å². The topological polar surface area (TPSA) is 105 Å². The molecule has 0 radical (unpaired) electrons. The van der Waals surface area contributed by atoms with Crippen LogP contribution in [0.3, 0.4) is 0 Å². The third-order valence-electron chi connectivity index (χ3n) is 4.74. The van der Waals surface area contributed by atoms with E-state index in [1.165, 1.54) is 0 Å². The van der Waals surface area contributed by atoms with Crippen LogP contribution in [0.1, 0.15) is 42.2 Å². The van der Waals surface area contributed by atoms with E-state index in [0.29, 0.717) is 12.3 Å². The monoisotopic (exact) mass is 377 g/mol. The lowest BCUT2D eigenvalue weighted by atomic mass is 10.2. The highest BCUT2D eigenvalue weighted by molar-refractivity contribution is 5.42. The van der Waals surface area contributed by atoms with Crippen LogP contribution < -0.4 is 16.2 Å². The molecule has 3 unspecified atom stereocenters. The molecule has 0 saturated heterocycles. The Morgan fingerprint density at radius 1 is 1.32 bits per heavy atom. The van der Waals surface area contributed by atoms with Gasteiger partial charge in [0.05, 0.1) is 6.04 Å². The zero-order valence-electron chi connectivity index (χ0n) is 15.7. The van der Waals surface area contributed by atoms with Crippen molar-refractivity contribution in [3.05, 3.63) is 65.6 Å². The van der Waals surface area contributed by atoms with Crippen LogP contribution in [0.5, 0.6) is 5.75 Å². The standard InChI is InChI=1S/C21H23N5O2/c1-2-21-24-9-10-26(21)19(13-22)18-11-16(28-25-18)8-5-14-3-6-15(7-4-14)27-20-12-17(20)23/h3-4,6-7,9-11,17,19-20H,2,12-13,22-23H2,1H3. The second kappa shape index (κ2) is 7.89. The van der Waals surface area contributed by atoms with E-state index in [1.54, 1.807) is 6.20 Å². The Labute approximate surface area is 163 Å². The molecule has 1 fully saturated rings. The highest BCUT2D eigenvalue weighted by Gasteiger charge is 2.35. The summed E-state index contributed by atoms with van der Waals surface area (Å²) in [4.78, 5) is 4.35. The summed E-state index contributed by atoms with van der Waals surface area (Å²) < 4.78 is 13.1. The van der Waals surface area contributed by atoms with Crippen molar-refractivity contribution >= 4 is 0 Å². The number of hydrogen-bond donors (Lipinski definition) is 2. The minimum Gasteiger partial charge on any atom is -0.489 e. The molecule has 1 aliphatic carbocycles. The second-order valence-electron chi connectivity index (χ2n) is 6.80. The van der Waals surface area contributed by atoms with Crippen LogP contribution >= 0.6 is 0 Å². The van der Waals surface area contributed by atoms with Gasteiger partial charge < -0.3 is 25.3 Å². The van der Waals surface area contributed by atoms with E-state index < -0.39 is 0 Å². The first-order valence-electron chi connectivity index (χ1n) is 9.40. The summed E-state index contributed by atoms with van der Waals surface area (Å²) in [6.45, 7) is 2.45. The van der Waals surface area contributed by atoms with Gasteiger partial charge >= 0.3 is 0 Å². The average molecular weight is 377 g/mol. The van der Waals surface area contributed by atoms with E-state index in [4.69, 9.17) is 20.7 Å². The number of benzene rings is 1. The summed E-state index contributed by atoms with van der Waals surface area (Å²) in [6, 6.07) is 9.49. The predicted octanol–water partition coefficient (Wildman–Crippen LogP) is 1.86. The maximum Gasteiger partial charge on any atom is 0.210 e. The molecule has 3 aromatic rings. The van der Waals surface area contributed by atoms with Gasteiger partial charge in [-0.3, -0.25) is 0 Å². The van der Waals surface area contributed by atoms with Crippen molar-refractivity contribution in [2.75, 3.05) is 6.54 Å². The van der Waals surface area contributed by atoms with E-state index in [0.717, 1.165) is 35.7 Å². The van der Waals surface area contributed by atoms with Gasteiger partial charge in [-0.25, -0.2) is 4.98 Å². The van der Waals surface area contributed by atoms with Crippen LogP contribution in [0.15, 0.2) is 47.2 Å². The number of nitrogens with two attached hydrogens (primary N) is 2. The Hall–Kier alpha value is -3.08. The van der Waals surface area contributed by atoms with Gasteiger partial charge in [0.15, 0.2) is 0 Å². The van der Waals surface area contributed by atoms with Gasteiger partial charge in [-0.2, -0.15) is 0 Å². The van der Waals surface area contributed by atoms with Crippen LogP contribution in [-0.4, -0.2) is 33.4 Å². The van der Waals surface area contributed by atoms with Crippen molar-refractivity contribution in [2.45, 2.75) is 38.0 Å². The van der Waals surface area contributed by atoms with Crippen LogP contribution in [-0.2, 0) is 6.42 Å². The van der Waals surface area contributed by atoms with Gasteiger partial charge in [-0.1, -0.05) is 18.0 Å². The van der Waals surface area contributed by atoms with Gasteiger partial charge in [0.25, 0.3) is 0 Å². The predicted molar refractivity (Wildman–Crippen MR) is 105 cm³/mol. The minimum atomic E-state index is -0.123. The number of hydrogen-bond acceptors (Lipinski definition) is 6. The van der Waals surface area contributed by atoms with Gasteiger partial charge in [0.2, 0.25) is 5.76 Å². The van der Waals surface area contributed by atoms with E-state index in [9.17, 15) is 0 Å². The van der Waals surface area contributed by atoms with Gasteiger partial charge in [0, 0.05) is 49.5 Å². The fourth-order valence-corrected chi connectivity index (χ4v) is 3.03. The summed E-state index contributed by atoms with van der Waals surface area (Å²) in [5.74, 6) is 8.35. The molecule has 1 saturated carbocycles. The molecule has 1 aliphatic rings. The molecule has 0 bridgehead atoms. The molecule has 4 rings (SSSR count). The molecule has 4 N–H and O–H groups in total. The number of aromatic nitrogens is 3. The smallest absolute Gasteiger partial charge is 0.210 e. The van der Waals surface area contributed by atoms with Crippen LogP contribution in [0.2, 0.25) is 0 Å². The summed E-state index contributed by atoms with van der Waals surface area (Å²) in [6.07, 6.45) is 5.56. The van der Waals surface area contributed by atoms with Gasteiger partial charge in [-0.05, 0) is 30.2 Å². The molecule has 7 heteroatoms. The van der Waals surface area contributed by atoms with Crippen molar-refractivity contribution in [3.8, 4) is 17.6 Å². The number of nitrogens with zero attached hydrogens (tertiary/aromatic N) is 3. The molecule has 2 aromatic heterocycles. The average Bonchev–Trinajstić information content (AvgIpc) is 3.10. The lowest BCUT2D eigenvalue weighted by molar-refractivity contribution is 0.296. The Bertz CT molecular complexity index is 996. The van der Waals surface area contributed by atoms with E-state index in [-0.39, 0.29) is 18.2 Å². The molecule has 0 amide bonds. The Morgan fingerprint density at radius 2 is 2.11 bits per heavy atom. The lowest BCUT2D eigenvalue weighted by Gasteiger charge is -2.15. The fourth-order valence-electron chi connectivity index (χ4n) is 3.03. The summed E-state index contributed by atoms with van der Waals surface area (Å²) >= 11 is 0. The third-order valence-corrected chi connectivity index (χ3v) is 4.74. The van der Waals surface area contributed by atoms with Gasteiger partial charge in [-0.15, -0.1) is 0 Å². The lowest BCUT2D eigenvalue weighted by Crippen LogP contribution is -2.22. The fraction of sp³-hybridized carbons (Fsp3) is 0.333. The first-order valence-corrected chi connectivity index (χ1v) is 9.40. The molecule has 0 aliphatic heterocycles. The number of ether oxygens (including phenoxy) is 1. The first kappa shape index (κ1) is 18.3. The largest absolute Gasteiger partial charge is 0.489 e. The Balaban J connectivity index is 1.46. The van der Waals surface area contributed by atoms with E-state index in [2.05, 4.69) is 28.9 Å². The third kappa shape index (κ3) is 3.93. The molecule has 28 heavy (non-hydrogen) atoms. The van der Waals surface area contributed by atoms with Crippen LogP contribution in [0.25, 0.3) is 0 Å². The quantitative estimate of drug-likeness (QED) is 0.635. The molecule has 144 valence electrons. The molecule has 1 aromatic carbocycles. The molecule has 3 atom stereocenters. The highest BCUT2D eigenvalue weighted by Crippen LogP contribution is 2.26. The molecule has 0 spiro atoms. The van der Waals surface area contributed by atoms with E-state index in [1.807, 2.05) is 41.1 Å². The SMILES string of the molecule is CCc1nccn1C(CN)c1cc(C#Cc2ccc(OC3CC3N)cc2)on1. The van der Waals surface area contributed by atoms with Gasteiger partial charge in [0.1, 0.15) is 23.4 Å². The van der Waals surface area contributed by atoms with E-state index >= 15 is 0 Å². The molecule has 2 heterocycles. The van der Waals surface area contributed by atoms with Crippen molar-refractivity contribution in [2.24, 2.45) is 11.5 Å². The Kier molecular flexibility index (Phi) is 5.15. The maximum atomic E-state index is 5.97. The van der Waals surface area contributed by atoms with Crippen molar-refractivity contribution < 1.29 is 9.26 Å². The molecular weight excluding hydrogens is 354 g/mol. The molecule has 7 nitrogen and oxygen atoms in total. The summed E-state index contributed by atoms with van der Waals surface area (Å²) in [7, 11) is 0. The zero-order chi connectivity index (χ0) is 19.5. The molecular formula is C21H23N5O2. The normalized spacial score (nSPS) is 19.0. The number of rotatable bonds is 6. The Morgan fingerprint density at radius 3 is 2.79 bits per heavy atom. The van der Waals surface area contributed by atoms with Crippen molar-refractivity contribution in [1.29, 1.82) is 0 Å².